The molecule has 0 saturated carbocycles. The molecule has 1 aromatic carbocycles. The van der Waals surface area contributed by atoms with E-state index < -0.39 is 0 Å². The van der Waals surface area contributed by atoms with Crippen LogP contribution in [0.3, 0.4) is 0 Å². The summed E-state index contributed by atoms with van der Waals surface area (Å²) in [6.45, 7) is 3.22. The van der Waals surface area contributed by atoms with Gasteiger partial charge in [-0.2, -0.15) is 5.10 Å². The molecule has 1 saturated heterocycles. The van der Waals surface area contributed by atoms with Gasteiger partial charge in [-0.25, -0.2) is 4.68 Å². The van der Waals surface area contributed by atoms with E-state index >= 15 is 0 Å². The Kier molecular flexibility index (Phi) is 4.44. The Labute approximate surface area is 168 Å². The lowest BCUT2D eigenvalue weighted by atomic mass is 10.2. The van der Waals surface area contributed by atoms with Crippen molar-refractivity contribution >= 4 is 22.6 Å². The first kappa shape index (κ1) is 17.4. The fourth-order valence-electron chi connectivity index (χ4n) is 3.72. The number of fused-ring (bicyclic) bond motifs is 1. The van der Waals surface area contributed by atoms with Gasteiger partial charge in [-0.05, 0) is 35.7 Å². The molecule has 8 nitrogen and oxygen atoms in total. The van der Waals surface area contributed by atoms with Crippen molar-refractivity contribution in [3.63, 3.8) is 0 Å². The maximum atomic E-state index is 12.8. The predicted octanol–water partition coefficient (Wildman–Crippen LogP) is 1.97. The van der Waals surface area contributed by atoms with Gasteiger partial charge in [-0.1, -0.05) is 18.2 Å². The molecule has 29 heavy (non-hydrogen) atoms. The highest BCUT2D eigenvalue weighted by Crippen LogP contribution is 2.17. The zero-order chi connectivity index (χ0) is 19.6. The zero-order valence-electron chi connectivity index (χ0n) is 15.9. The van der Waals surface area contributed by atoms with Crippen LogP contribution in [0.5, 0.6) is 0 Å². The molecule has 5 rings (SSSR count). The van der Waals surface area contributed by atoms with E-state index in [1.165, 1.54) is 0 Å². The Morgan fingerprint density at radius 3 is 2.41 bits per heavy atom. The summed E-state index contributed by atoms with van der Waals surface area (Å²) in [6.07, 6.45) is 5.53. The molecule has 0 aliphatic carbocycles. The van der Waals surface area contributed by atoms with Crippen LogP contribution in [0, 0.1) is 0 Å². The fourth-order valence-corrected chi connectivity index (χ4v) is 3.72. The van der Waals surface area contributed by atoms with Crippen LogP contribution in [-0.2, 0) is 11.3 Å². The number of anilines is 1. The van der Waals surface area contributed by atoms with Crippen LogP contribution in [0.15, 0.2) is 67.1 Å². The summed E-state index contributed by atoms with van der Waals surface area (Å²) < 4.78 is 3.70. The number of hydrogen-bond acceptors (Lipinski definition) is 5. The minimum atomic E-state index is 0.145. The van der Waals surface area contributed by atoms with Crippen molar-refractivity contribution < 1.29 is 4.79 Å². The van der Waals surface area contributed by atoms with Crippen LogP contribution in [-0.4, -0.2) is 61.5 Å². The van der Waals surface area contributed by atoms with Gasteiger partial charge in [0.15, 0.2) is 11.6 Å². The Hall–Kier alpha value is -3.68. The summed E-state index contributed by atoms with van der Waals surface area (Å²) in [5.74, 6) is 1.65. The standard InChI is InChI=1S/C21H21N7O/c29-21(16-27-11-8-17-4-1-2-5-18(17)27)26-14-12-25(13-15-26)19-6-7-20(24-23-19)28-10-3-9-22-28/h1-11H,12-16H2. The van der Waals surface area contributed by atoms with Crippen molar-refractivity contribution in [2.45, 2.75) is 6.54 Å². The molecule has 1 fully saturated rings. The second kappa shape index (κ2) is 7.38. The molecular weight excluding hydrogens is 366 g/mol. The van der Waals surface area contributed by atoms with E-state index in [9.17, 15) is 4.79 Å². The SMILES string of the molecule is O=C(Cn1ccc2ccccc21)N1CCN(c2ccc(-n3cccn3)nn2)CC1. The molecule has 0 spiro atoms. The third kappa shape index (κ3) is 3.44. The van der Waals surface area contributed by atoms with Gasteiger partial charge in [-0.3, -0.25) is 4.79 Å². The van der Waals surface area contributed by atoms with Gasteiger partial charge in [0, 0.05) is 50.3 Å². The normalized spacial score (nSPS) is 14.5. The van der Waals surface area contributed by atoms with Crippen LogP contribution in [0.2, 0.25) is 0 Å². The van der Waals surface area contributed by atoms with Gasteiger partial charge < -0.3 is 14.4 Å². The van der Waals surface area contributed by atoms with Gasteiger partial charge in [-0.15, -0.1) is 10.2 Å². The summed E-state index contributed by atoms with van der Waals surface area (Å²) in [4.78, 5) is 16.9. The molecule has 0 atom stereocenters. The third-order valence-electron chi connectivity index (χ3n) is 5.32. The van der Waals surface area contributed by atoms with Crippen molar-refractivity contribution in [3.8, 4) is 5.82 Å². The Balaban J connectivity index is 1.20. The molecule has 146 valence electrons. The average Bonchev–Trinajstić information content (AvgIpc) is 3.45. The number of amides is 1. The number of piperazine rings is 1. The molecule has 1 amide bonds. The smallest absolute Gasteiger partial charge is 0.242 e. The number of nitrogens with zero attached hydrogens (tertiary/aromatic N) is 7. The minimum absolute atomic E-state index is 0.145. The van der Waals surface area contributed by atoms with Gasteiger partial charge >= 0.3 is 0 Å². The van der Waals surface area contributed by atoms with Crippen molar-refractivity contribution in [3.05, 3.63) is 67.1 Å². The van der Waals surface area contributed by atoms with Crippen LogP contribution in [0.25, 0.3) is 16.7 Å². The van der Waals surface area contributed by atoms with Crippen LogP contribution in [0.1, 0.15) is 0 Å². The highest BCUT2D eigenvalue weighted by Gasteiger charge is 2.22. The van der Waals surface area contributed by atoms with Crippen LogP contribution >= 0.6 is 0 Å². The van der Waals surface area contributed by atoms with E-state index in [0.717, 1.165) is 29.8 Å². The summed E-state index contributed by atoms with van der Waals surface area (Å²) >= 11 is 0. The second-order valence-corrected chi connectivity index (χ2v) is 7.07. The molecule has 4 heterocycles. The summed E-state index contributed by atoms with van der Waals surface area (Å²) in [5, 5.41) is 13.9. The van der Waals surface area contributed by atoms with Crippen molar-refractivity contribution in [2.75, 3.05) is 31.1 Å². The highest BCUT2D eigenvalue weighted by atomic mass is 16.2. The lowest BCUT2D eigenvalue weighted by molar-refractivity contribution is -0.132. The molecule has 4 aromatic rings. The van der Waals surface area contributed by atoms with E-state index in [1.54, 1.807) is 10.9 Å². The number of carbonyl (C=O) groups excluding carboxylic acids is 1. The van der Waals surface area contributed by atoms with Crippen molar-refractivity contribution in [2.24, 2.45) is 0 Å². The Morgan fingerprint density at radius 2 is 1.66 bits per heavy atom. The van der Waals surface area contributed by atoms with E-state index in [-0.39, 0.29) is 5.91 Å². The van der Waals surface area contributed by atoms with E-state index in [1.807, 2.05) is 64.3 Å². The maximum absolute atomic E-state index is 12.8. The number of benzene rings is 1. The maximum Gasteiger partial charge on any atom is 0.242 e. The largest absolute Gasteiger partial charge is 0.352 e. The average molecular weight is 387 g/mol. The van der Waals surface area contributed by atoms with E-state index in [2.05, 4.69) is 26.3 Å². The number of carbonyl (C=O) groups is 1. The van der Waals surface area contributed by atoms with Gasteiger partial charge in [0.25, 0.3) is 0 Å². The summed E-state index contributed by atoms with van der Waals surface area (Å²) in [5.41, 5.74) is 1.09. The van der Waals surface area contributed by atoms with Gasteiger partial charge in [0.2, 0.25) is 5.91 Å². The third-order valence-corrected chi connectivity index (χ3v) is 5.32. The Bertz CT molecular complexity index is 1110. The molecule has 1 aliphatic heterocycles. The number of hydrogen-bond donors (Lipinski definition) is 0. The highest BCUT2D eigenvalue weighted by molar-refractivity contribution is 5.83. The van der Waals surface area contributed by atoms with Gasteiger partial charge in [0.05, 0.1) is 0 Å². The van der Waals surface area contributed by atoms with Gasteiger partial charge in [0.1, 0.15) is 6.54 Å². The van der Waals surface area contributed by atoms with E-state index in [0.29, 0.717) is 25.5 Å². The molecular formula is C21H21N7O. The zero-order valence-corrected chi connectivity index (χ0v) is 15.9. The fraction of sp³-hybridized carbons (Fsp3) is 0.238. The molecule has 3 aromatic heterocycles. The predicted molar refractivity (Wildman–Crippen MR) is 110 cm³/mol. The summed E-state index contributed by atoms with van der Waals surface area (Å²) in [6, 6.07) is 15.9. The monoisotopic (exact) mass is 387 g/mol. The first-order valence-electron chi connectivity index (χ1n) is 9.68. The molecule has 0 bridgehead atoms. The quantitative estimate of drug-likeness (QED) is 0.535. The Morgan fingerprint density at radius 1 is 0.862 bits per heavy atom. The lowest BCUT2D eigenvalue weighted by Crippen LogP contribution is -2.49. The molecule has 0 radical (unpaired) electrons. The van der Waals surface area contributed by atoms with Crippen LogP contribution in [0.4, 0.5) is 5.82 Å². The summed E-state index contributed by atoms with van der Waals surface area (Å²) in [7, 11) is 0. The first-order chi connectivity index (χ1) is 14.3. The first-order valence-corrected chi connectivity index (χ1v) is 9.68. The number of rotatable bonds is 4. The molecule has 1 aliphatic rings. The topological polar surface area (TPSA) is 72.1 Å². The van der Waals surface area contributed by atoms with Crippen molar-refractivity contribution in [1.29, 1.82) is 0 Å². The van der Waals surface area contributed by atoms with Crippen molar-refractivity contribution in [1.82, 2.24) is 29.4 Å². The number of para-hydroxylation sites is 1. The second-order valence-electron chi connectivity index (χ2n) is 7.07. The van der Waals surface area contributed by atoms with Crippen LogP contribution < -0.4 is 4.90 Å². The molecule has 0 N–H and O–H groups in total. The minimum Gasteiger partial charge on any atom is -0.352 e. The lowest BCUT2D eigenvalue weighted by Gasteiger charge is -2.35. The molecule has 0 unspecified atom stereocenters. The van der Waals surface area contributed by atoms with E-state index in [4.69, 9.17) is 0 Å². The molecule has 8 heteroatoms. The number of aromatic nitrogens is 5.